The third-order valence-electron chi connectivity index (χ3n) is 2.65. The molecule has 0 aromatic carbocycles. The minimum absolute atomic E-state index is 0.0617. The molecular weight excluding hydrogens is 180 g/mol. The van der Waals surface area contributed by atoms with Crippen molar-refractivity contribution in [2.24, 2.45) is 5.92 Å². The molecule has 0 spiro atoms. The van der Waals surface area contributed by atoms with Crippen LogP contribution in [0.1, 0.15) is 26.7 Å². The van der Waals surface area contributed by atoms with Gasteiger partial charge in [0.1, 0.15) is 5.54 Å². The Morgan fingerprint density at radius 1 is 1.79 bits per heavy atom. The summed E-state index contributed by atoms with van der Waals surface area (Å²) in [4.78, 5) is 11.6. The summed E-state index contributed by atoms with van der Waals surface area (Å²) in [5.74, 6) is -0.136. The Bertz CT molecular complexity index is 253. The van der Waals surface area contributed by atoms with E-state index in [1.165, 1.54) is 0 Å². The summed E-state index contributed by atoms with van der Waals surface area (Å²) in [7, 11) is 0. The highest BCUT2D eigenvalue weighted by Gasteiger charge is 2.30. The van der Waals surface area contributed by atoms with E-state index >= 15 is 0 Å². The quantitative estimate of drug-likeness (QED) is 0.727. The van der Waals surface area contributed by atoms with Gasteiger partial charge in [-0.3, -0.25) is 4.79 Å². The van der Waals surface area contributed by atoms with Crippen LogP contribution >= 0.6 is 0 Å². The van der Waals surface area contributed by atoms with Gasteiger partial charge in [0.2, 0.25) is 5.91 Å². The third kappa shape index (κ3) is 2.46. The summed E-state index contributed by atoms with van der Waals surface area (Å²) in [6.07, 6.45) is 1.37. The molecule has 0 aromatic heterocycles. The maximum absolute atomic E-state index is 11.6. The smallest absolute Gasteiger partial charge is 0.226 e. The molecule has 1 rings (SSSR count). The van der Waals surface area contributed by atoms with Crippen molar-refractivity contribution in [1.29, 1.82) is 5.26 Å². The normalized spacial score (nSPS) is 25.1. The van der Waals surface area contributed by atoms with Crippen molar-refractivity contribution in [3.63, 3.8) is 0 Å². The van der Waals surface area contributed by atoms with E-state index in [4.69, 9.17) is 10.00 Å². The molecule has 1 saturated heterocycles. The van der Waals surface area contributed by atoms with E-state index in [1.54, 1.807) is 6.92 Å². The van der Waals surface area contributed by atoms with Gasteiger partial charge in [0.15, 0.2) is 0 Å². The molecule has 1 heterocycles. The zero-order chi connectivity index (χ0) is 10.6. The molecule has 1 aliphatic heterocycles. The second-order valence-electron chi connectivity index (χ2n) is 3.85. The van der Waals surface area contributed by atoms with Crippen LogP contribution in [0.25, 0.3) is 0 Å². The first-order valence-electron chi connectivity index (χ1n) is 4.92. The number of amides is 1. The first-order valence-corrected chi connectivity index (χ1v) is 4.92. The van der Waals surface area contributed by atoms with Crippen LogP contribution in [-0.4, -0.2) is 24.7 Å². The van der Waals surface area contributed by atoms with Gasteiger partial charge in [-0.2, -0.15) is 5.26 Å². The molecule has 1 amide bonds. The van der Waals surface area contributed by atoms with Gasteiger partial charge in [0.25, 0.3) is 0 Å². The molecule has 0 saturated carbocycles. The van der Waals surface area contributed by atoms with E-state index in [2.05, 4.69) is 11.4 Å². The lowest BCUT2D eigenvalue weighted by Gasteiger charge is -2.22. The monoisotopic (exact) mass is 196 g/mol. The van der Waals surface area contributed by atoms with Gasteiger partial charge in [-0.1, -0.05) is 6.92 Å². The first-order chi connectivity index (χ1) is 6.61. The molecule has 4 nitrogen and oxygen atoms in total. The fraction of sp³-hybridized carbons (Fsp3) is 0.800. The second kappa shape index (κ2) is 4.43. The molecule has 1 N–H and O–H groups in total. The number of hydrogen-bond acceptors (Lipinski definition) is 3. The van der Waals surface area contributed by atoms with Crippen molar-refractivity contribution in [3.05, 3.63) is 0 Å². The number of ether oxygens (including phenoxy) is 1. The molecule has 0 aromatic rings. The fourth-order valence-electron chi connectivity index (χ4n) is 1.31. The summed E-state index contributed by atoms with van der Waals surface area (Å²) in [6.45, 7) is 4.75. The Labute approximate surface area is 84.2 Å². The molecule has 0 bridgehead atoms. The second-order valence-corrected chi connectivity index (χ2v) is 3.85. The number of nitrogens with zero attached hydrogens (tertiary/aromatic N) is 1. The highest BCUT2D eigenvalue weighted by atomic mass is 16.5. The maximum atomic E-state index is 11.6. The molecule has 14 heavy (non-hydrogen) atoms. The lowest BCUT2D eigenvalue weighted by Crippen LogP contribution is -2.47. The molecule has 2 unspecified atom stereocenters. The van der Waals surface area contributed by atoms with E-state index in [0.29, 0.717) is 19.6 Å². The maximum Gasteiger partial charge on any atom is 0.226 e. The van der Waals surface area contributed by atoms with Gasteiger partial charge in [0.05, 0.1) is 18.6 Å². The van der Waals surface area contributed by atoms with Crippen molar-refractivity contribution < 1.29 is 9.53 Å². The zero-order valence-corrected chi connectivity index (χ0v) is 8.67. The molecule has 0 aliphatic carbocycles. The van der Waals surface area contributed by atoms with Crippen LogP contribution in [0.3, 0.4) is 0 Å². The van der Waals surface area contributed by atoms with Crippen LogP contribution in [0.2, 0.25) is 0 Å². The lowest BCUT2D eigenvalue weighted by atomic mass is 9.99. The van der Waals surface area contributed by atoms with Crippen molar-refractivity contribution >= 4 is 5.91 Å². The van der Waals surface area contributed by atoms with Gasteiger partial charge in [-0.05, 0) is 19.8 Å². The minimum Gasteiger partial charge on any atom is -0.381 e. The lowest BCUT2D eigenvalue weighted by molar-refractivity contribution is -0.126. The van der Waals surface area contributed by atoms with Gasteiger partial charge >= 0.3 is 0 Å². The van der Waals surface area contributed by atoms with Crippen LogP contribution in [0.4, 0.5) is 0 Å². The molecule has 78 valence electrons. The average molecular weight is 196 g/mol. The van der Waals surface area contributed by atoms with Crippen LogP contribution in [-0.2, 0) is 9.53 Å². The zero-order valence-electron chi connectivity index (χ0n) is 8.67. The largest absolute Gasteiger partial charge is 0.381 e. The fourth-order valence-corrected chi connectivity index (χ4v) is 1.31. The number of nitrogens with one attached hydrogen (secondary N) is 1. The summed E-state index contributed by atoms with van der Waals surface area (Å²) in [6, 6.07) is 2.11. The third-order valence-corrected chi connectivity index (χ3v) is 2.65. The van der Waals surface area contributed by atoms with E-state index < -0.39 is 5.54 Å². The summed E-state index contributed by atoms with van der Waals surface area (Å²) in [5, 5.41) is 11.6. The van der Waals surface area contributed by atoms with Crippen LogP contribution in [0.15, 0.2) is 0 Å². The minimum atomic E-state index is -0.736. The van der Waals surface area contributed by atoms with E-state index in [-0.39, 0.29) is 11.8 Å². The van der Waals surface area contributed by atoms with Crippen molar-refractivity contribution in [1.82, 2.24) is 5.32 Å². The van der Waals surface area contributed by atoms with Crippen molar-refractivity contribution in [2.75, 3.05) is 13.2 Å². The topological polar surface area (TPSA) is 62.1 Å². The summed E-state index contributed by atoms with van der Waals surface area (Å²) >= 11 is 0. The number of carbonyl (C=O) groups excluding carboxylic acids is 1. The highest BCUT2D eigenvalue weighted by molar-refractivity contribution is 5.80. The number of hydrogen-bond donors (Lipinski definition) is 1. The van der Waals surface area contributed by atoms with Crippen LogP contribution in [0, 0.1) is 17.2 Å². The van der Waals surface area contributed by atoms with Gasteiger partial charge < -0.3 is 10.1 Å². The Hall–Kier alpha value is -1.08. The Morgan fingerprint density at radius 2 is 2.50 bits per heavy atom. The molecule has 2 atom stereocenters. The van der Waals surface area contributed by atoms with Crippen LogP contribution in [0.5, 0.6) is 0 Å². The SMILES string of the molecule is CCC(C)(C#N)NC(=O)C1CCOC1. The number of rotatable bonds is 3. The Morgan fingerprint density at radius 3 is 2.93 bits per heavy atom. The molecule has 1 aliphatic rings. The standard InChI is InChI=1S/C10H16N2O2/c1-3-10(2,7-11)12-9(13)8-4-5-14-6-8/h8H,3-6H2,1-2H3,(H,12,13). The predicted octanol–water partition coefficient (Wildman–Crippen LogP) is 0.831. The number of nitriles is 1. The van der Waals surface area contributed by atoms with E-state index in [0.717, 1.165) is 6.42 Å². The molecule has 0 radical (unpaired) electrons. The Kier molecular flexibility index (Phi) is 3.48. The Balaban J connectivity index is 2.51. The van der Waals surface area contributed by atoms with Crippen molar-refractivity contribution in [2.45, 2.75) is 32.2 Å². The molecule has 4 heteroatoms. The predicted molar refractivity (Wildman–Crippen MR) is 51.4 cm³/mol. The summed E-state index contributed by atoms with van der Waals surface area (Å²) in [5.41, 5.74) is -0.736. The van der Waals surface area contributed by atoms with E-state index in [1.807, 2.05) is 6.92 Å². The van der Waals surface area contributed by atoms with Crippen LogP contribution < -0.4 is 5.32 Å². The van der Waals surface area contributed by atoms with Gasteiger partial charge in [0, 0.05) is 6.61 Å². The average Bonchev–Trinajstić information content (AvgIpc) is 2.70. The molecule has 1 fully saturated rings. The van der Waals surface area contributed by atoms with Gasteiger partial charge in [-0.15, -0.1) is 0 Å². The first kappa shape index (κ1) is 11.0. The van der Waals surface area contributed by atoms with Crippen molar-refractivity contribution in [3.8, 4) is 6.07 Å². The highest BCUT2D eigenvalue weighted by Crippen LogP contribution is 2.15. The summed E-state index contributed by atoms with van der Waals surface area (Å²) < 4.78 is 5.12. The molecular formula is C10H16N2O2. The number of carbonyl (C=O) groups is 1. The van der Waals surface area contributed by atoms with E-state index in [9.17, 15) is 4.79 Å². The van der Waals surface area contributed by atoms with Gasteiger partial charge in [-0.25, -0.2) is 0 Å².